The standard InChI is InChI=1S/C16H12O4/c1-10-6-8-11(9-7-10)14(17)19-16-13-5-3-2-4-12(13)15(18)20-16/h2-9,16H,1H3. The molecule has 0 saturated carbocycles. The molecule has 1 heterocycles. The Labute approximate surface area is 115 Å². The predicted octanol–water partition coefficient (Wildman–Crippen LogP) is 3.02. The Kier molecular flexibility index (Phi) is 2.99. The van der Waals surface area contributed by atoms with Crippen LogP contribution < -0.4 is 0 Å². The molecule has 3 rings (SSSR count). The van der Waals surface area contributed by atoms with E-state index < -0.39 is 18.2 Å². The van der Waals surface area contributed by atoms with Gasteiger partial charge < -0.3 is 9.47 Å². The van der Waals surface area contributed by atoms with Crippen molar-refractivity contribution in [2.45, 2.75) is 13.2 Å². The maximum Gasteiger partial charge on any atom is 0.342 e. The molecule has 0 amide bonds. The zero-order valence-electron chi connectivity index (χ0n) is 10.8. The summed E-state index contributed by atoms with van der Waals surface area (Å²) in [6.45, 7) is 1.93. The van der Waals surface area contributed by atoms with Crippen molar-refractivity contribution < 1.29 is 19.1 Å². The second-order valence-corrected chi connectivity index (χ2v) is 4.60. The lowest BCUT2D eigenvalue weighted by atomic mass is 10.1. The molecule has 1 aliphatic heterocycles. The summed E-state index contributed by atoms with van der Waals surface area (Å²) in [5, 5.41) is 0. The van der Waals surface area contributed by atoms with Crippen LogP contribution in [0.4, 0.5) is 0 Å². The third-order valence-corrected chi connectivity index (χ3v) is 3.15. The summed E-state index contributed by atoms with van der Waals surface area (Å²) in [5.41, 5.74) is 2.50. The van der Waals surface area contributed by atoms with Crippen molar-refractivity contribution in [3.8, 4) is 0 Å². The topological polar surface area (TPSA) is 52.6 Å². The van der Waals surface area contributed by atoms with Gasteiger partial charge in [0, 0.05) is 5.56 Å². The van der Waals surface area contributed by atoms with Crippen LogP contribution in [-0.4, -0.2) is 11.9 Å². The van der Waals surface area contributed by atoms with Crippen LogP contribution in [0, 0.1) is 6.92 Å². The fourth-order valence-corrected chi connectivity index (χ4v) is 2.06. The summed E-state index contributed by atoms with van der Waals surface area (Å²) in [6, 6.07) is 13.9. The van der Waals surface area contributed by atoms with Crippen LogP contribution in [0.25, 0.3) is 0 Å². The van der Waals surface area contributed by atoms with Gasteiger partial charge in [0.05, 0.1) is 11.1 Å². The van der Waals surface area contributed by atoms with E-state index in [0.29, 0.717) is 16.7 Å². The number of cyclic esters (lactones) is 1. The van der Waals surface area contributed by atoms with Gasteiger partial charge in [0.15, 0.2) is 0 Å². The number of hydrogen-bond acceptors (Lipinski definition) is 4. The number of aryl methyl sites for hydroxylation is 1. The number of ether oxygens (including phenoxy) is 2. The number of hydrogen-bond donors (Lipinski definition) is 0. The van der Waals surface area contributed by atoms with Crippen molar-refractivity contribution in [1.82, 2.24) is 0 Å². The van der Waals surface area contributed by atoms with E-state index in [1.165, 1.54) is 0 Å². The average molecular weight is 268 g/mol. The third kappa shape index (κ3) is 2.16. The Morgan fingerprint density at radius 1 is 1.10 bits per heavy atom. The lowest BCUT2D eigenvalue weighted by molar-refractivity contribution is -0.0724. The first-order valence-electron chi connectivity index (χ1n) is 6.23. The lowest BCUT2D eigenvalue weighted by Gasteiger charge is -2.12. The number of carbonyl (C=O) groups is 2. The molecule has 2 aromatic carbocycles. The van der Waals surface area contributed by atoms with Gasteiger partial charge in [-0.25, -0.2) is 9.59 Å². The van der Waals surface area contributed by atoms with Gasteiger partial charge in [-0.15, -0.1) is 0 Å². The average Bonchev–Trinajstić information content (AvgIpc) is 2.77. The summed E-state index contributed by atoms with van der Waals surface area (Å²) >= 11 is 0. The van der Waals surface area contributed by atoms with Gasteiger partial charge in [-0.05, 0) is 25.1 Å². The van der Waals surface area contributed by atoms with E-state index in [1.807, 2.05) is 19.1 Å². The van der Waals surface area contributed by atoms with E-state index in [2.05, 4.69) is 0 Å². The van der Waals surface area contributed by atoms with E-state index in [-0.39, 0.29) is 0 Å². The van der Waals surface area contributed by atoms with Gasteiger partial charge in [-0.3, -0.25) is 0 Å². The van der Waals surface area contributed by atoms with Crippen molar-refractivity contribution in [1.29, 1.82) is 0 Å². The van der Waals surface area contributed by atoms with Crippen LogP contribution >= 0.6 is 0 Å². The van der Waals surface area contributed by atoms with Crippen LogP contribution in [0.15, 0.2) is 48.5 Å². The van der Waals surface area contributed by atoms with Gasteiger partial charge in [-0.1, -0.05) is 35.9 Å². The smallest absolute Gasteiger partial charge is 0.342 e. The maximum atomic E-state index is 12.0. The molecule has 0 bridgehead atoms. The predicted molar refractivity (Wildman–Crippen MR) is 71.2 cm³/mol. The molecule has 0 saturated heterocycles. The maximum absolute atomic E-state index is 12.0. The summed E-state index contributed by atoms with van der Waals surface area (Å²) < 4.78 is 10.3. The minimum Gasteiger partial charge on any atom is -0.417 e. The number of benzene rings is 2. The summed E-state index contributed by atoms with van der Waals surface area (Å²) in [7, 11) is 0. The van der Waals surface area contributed by atoms with Crippen LogP contribution in [-0.2, 0) is 9.47 Å². The molecule has 1 unspecified atom stereocenters. The van der Waals surface area contributed by atoms with Crippen molar-refractivity contribution in [3.05, 3.63) is 70.8 Å². The molecule has 4 nitrogen and oxygen atoms in total. The van der Waals surface area contributed by atoms with E-state index in [1.54, 1.807) is 36.4 Å². The first-order valence-corrected chi connectivity index (χ1v) is 6.23. The Balaban J connectivity index is 1.81. The Hall–Kier alpha value is -2.62. The van der Waals surface area contributed by atoms with Gasteiger partial charge in [0.2, 0.25) is 0 Å². The molecule has 100 valence electrons. The highest BCUT2D eigenvalue weighted by Gasteiger charge is 2.33. The molecule has 0 aromatic heterocycles. The van der Waals surface area contributed by atoms with Crippen molar-refractivity contribution in [3.63, 3.8) is 0 Å². The number of fused-ring (bicyclic) bond motifs is 1. The molecule has 4 heteroatoms. The van der Waals surface area contributed by atoms with Crippen LogP contribution in [0.5, 0.6) is 0 Å². The number of rotatable bonds is 2. The highest BCUT2D eigenvalue weighted by Crippen LogP contribution is 2.31. The molecular formula is C16H12O4. The Bertz CT molecular complexity index is 673. The quantitative estimate of drug-likeness (QED) is 0.786. The molecule has 1 atom stereocenters. The molecule has 0 fully saturated rings. The highest BCUT2D eigenvalue weighted by atomic mass is 16.7. The fourth-order valence-electron chi connectivity index (χ4n) is 2.06. The Morgan fingerprint density at radius 2 is 1.80 bits per heavy atom. The van der Waals surface area contributed by atoms with E-state index in [9.17, 15) is 9.59 Å². The molecule has 0 N–H and O–H groups in total. The van der Waals surface area contributed by atoms with E-state index in [4.69, 9.17) is 9.47 Å². The number of carbonyl (C=O) groups excluding carboxylic acids is 2. The minimum atomic E-state index is -0.965. The molecule has 0 aliphatic carbocycles. The zero-order chi connectivity index (χ0) is 14.1. The van der Waals surface area contributed by atoms with Gasteiger partial charge >= 0.3 is 11.9 Å². The van der Waals surface area contributed by atoms with Gasteiger partial charge in [0.1, 0.15) is 0 Å². The highest BCUT2D eigenvalue weighted by molar-refractivity contribution is 5.95. The molecule has 20 heavy (non-hydrogen) atoms. The van der Waals surface area contributed by atoms with E-state index >= 15 is 0 Å². The third-order valence-electron chi connectivity index (χ3n) is 3.15. The lowest BCUT2D eigenvalue weighted by Crippen LogP contribution is -2.11. The van der Waals surface area contributed by atoms with Crippen molar-refractivity contribution in [2.24, 2.45) is 0 Å². The first kappa shape index (κ1) is 12.4. The van der Waals surface area contributed by atoms with Crippen LogP contribution in [0.2, 0.25) is 0 Å². The van der Waals surface area contributed by atoms with Gasteiger partial charge in [-0.2, -0.15) is 0 Å². The normalized spacial score (nSPS) is 16.4. The van der Waals surface area contributed by atoms with Crippen LogP contribution in [0.1, 0.15) is 38.1 Å². The fraction of sp³-hybridized carbons (Fsp3) is 0.125. The minimum absolute atomic E-state index is 0.427. The summed E-state index contributed by atoms with van der Waals surface area (Å²) in [6.07, 6.45) is -0.965. The molecule has 1 aliphatic rings. The van der Waals surface area contributed by atoms with Crippen molar-refractivity contribution in [2.75, 3.05) is 0 Å². The summed E-state index contributed by atoms with van der Waals surface area (Å²) in [4.78, 5) is 23.6. The monoisotopic (exact) mass is 268 g/mol. The largest absolute Gasteiger partial charge is 0.417 e. The Morgan fingerprint density at radius 3 is 2.55 bits per heavy atom. The first-order chi connectivity index (χ1) is 9.65. The van der Waals surface area contributed by atoms with Crippen LogP contribution in [0.3, 0.4) is 0 Å². The SMILES string of the molecule is Cc1ccc(C(=O)OC2OC(=O)c3ccccc32)cc1. The molecule has 0 radical (unpaired) electrons. The van der Waals surface area contributed by atoms with Crippen molar-refractivity contribution >= 4 is 11.9 Å². The molecule has 0 spiro atoms. The molecule has 2 aromatic rings. The number of esters is 2. The second kappa shape index (κ2) is 4.81. The molecular weight excluding hydrogens is 256 g/mol. The van der Waals surface area contributed by atoms with Gasteiger partial charge in [0.25, 0.3) is 6.29 Å². The summed E-state index contributed by atoms with van der Waals surface area (Å²) in [5.74, 6) is -0.984. The second-order valence-electron chi connectivity index (χ2n) is 4.60. The van der Waals surface area contributed by atoms with E-state index in [0.717, 1.165) is 5.56 Å². The zero-order valence-corrected chi connectivity index (χ0v) is 10.8.